The maximum Gasteiger partial charge on any atom is 0.279 e. The Kier molecular flexibility index (Phi) is 3.85. The van der Waals surface area contributed by atoms with Crippen LogP contribution in [-0.4, -0.2) is 52.9 Å². The summed E-state index contributed by atoms with van der Waals surface area (Å²) < 4.78 is 0. The van der Waals surface area contributed by atoms with Crippen molar-refractivity contribution in [1.29, 1.82) is 0 Å². The SMILES string of the molecule is CON(C)C(=O)c1cnc2[nH]ncc2c1CCNC1CC1. The fourth-order valence-electron chi connectivity index (χ4n) is 2.35. The molecule has 1 amide bonds. The van der Waals surface area contributed by atoms with E-state index in [9.17, 15) is 4.79 Å². The summed E-state index contributed by atoms with van der Waals surface area (Å²) in [7, 11) is 3.06. The van der Waals surface area contributed by atoms with Crippen LogP contribution in [0.15, 0.2) is 12.4 Å². The third-order valence-corrected chi connectivity index (χ3v) is 3.77. The number of hydroxylamine groups is 2. The topological polar surface area (TPSA) is 83.1 Å². The third-order valence-electron chi connectivity index (χ3n) is 3.77. The van der Waals surface area contributed by atoms with Gasteiger partial charge in [0.15, 0.2) is 5.65 Å². The predicted molar refractivity (Wildman–Crippen MR) is 77.7 cm³/mol. The molecule has 3 rings (SSSR count). The average molecular weight is 289 g/mol. The number of nitrogens with one attached hydrogen (secondary N) is 2. The van der Waals surface area contributed by atoms with Crippen molar-refractivity contribution in [1.82, 2.24) is 25.6 Å². The molecule has 2 aromatic rings. The zero-order valence-electron chi connectivity index (χ0n) is 12.2. The standard InChI is InChI=1S/C14H19N5O2/c1-19(21-2)14(20)12-7-16-13-11(8-17-18-13)10(12)5-6-15-9-3-4-9/h7-9,15H,3-6H2,1-2H3,(H,16,17,18). The molecule has 2 heterocycles. The van der Waals surface area contributed by atoms with Crippen molar-refractivity contribution in [2.45, 2.75) is 25.3 Å². The number of amides is 1. The van der Waals surface area contributed by atoms with Gasteiger partial charge in [0.05, 0.1) is 18.9 Å². The Morgan fingerprint density at radius 3 is 3.05 bits per heavy atom. The van der Waals surface area contributed by atoms with Gasteiger partial charge in [-0.2, -0.15) is 5.10 Å². The number of hydrogen-bond acceptors (Lipinski definition) is 5. The lowest BCUT2D eigenvalue weighted by atomic mass is 10.0. The number of pyridine rings is 1. The lowest BCUT2D eigenvalue weighted by Crippen LogP contribution is -2.27. The summed E-state index contributed by atoms with van der Waals surface area (Å²) in [6.45, 7) is 0.839. The largest absolute Gasteiger partial charge is 0.314 e. The number of H-pyrrole nitrogens is 1. The van der Waals surface area contributed by atoms with Gasteiger partial charge in [-0.15, -0.1) is 0 Å². The molecule has 1 aliphatic rings. The fraction of sp³-hybridized carbons (Fsp3) is 0.500. The number of fused-ring (bicyclic) bond motifs is 1. The van der Waals surface area contributed by atoms with Crippen molar-refractivity contribution < 1.29 is 9.63 Å². The molecule has 0 aliphatic heterocycles. The molecule has 7 nitrogen and oxygen atoms in total. The van der Waals surface area contributed by atoms with Gasteiger partial charge in [-0.25, -0.2) is 10.0 Å². The number of carbonyl (C=O) groups excluding carboxylic acids is 1. The van der Waals surface area contributed by atoms with Gasteiger partial charge in [-0.1, -0.05) is 0 Å². The summed E-state index contributed by atoms with van der Waals surface area (Å²) in [4.78, 5) is 21.6. The highest BCUT2D eigenvalue weighted by molar-refractivity contribution is 5.98. The van der Waals surface area contributed by atoms with Crippen LogP contribution >= 0.6 is 0 Å². The zero-order valence-corrected chi connectivity index (χ0v) is 12.2. The molecule has 0 unspecified atom stereocenters. The maximum atomic E-state index is 12.4. The van der Waals surface area contributed by atoms with E-state index in [1.807, 2.05) is 0 Å². The van der Waals surface area contributed by atoms with Crippen LogP contribution in [0, 0.1) is 0 Å². The summed E-state index contributed by atoms with van der Waals surface area (Å²) in [6, 6.07) is 0.646. The molecule has 1 aliphatic carbocycles. The second-order valence-corrected chi connectivity index (χ2v) is 5.25. The molecule has 0 saturated heterocycles. The fourth-order valence-corrected chi connectivity index (χ4v) is 2.35. The monoisotopic (exact) mass is 289 g/mol. The van der Waals surface area contributed by atoms with Crippen molar-refractivity contribution in [3.63, 3.8) is 0 Å². The first-order valence-electron chi connectivity index (χ1n) is 7.07. The minimum atomic E-state index is -0.200. The van der Waals surface area contributed by atoms with Crippen LogP contribution in [-0.2, 0) is 11.3 Å². The number of rotatable bonds is 6. The van der Waals surface area contributed by atoms with Gasteiger partial charge < -0.3 is 5.32 Å². The molecule has 0 radical (unpaired) electrons. The van der Waals surface area contributed by atoms with Crippen LogP contribution in [0.5, 0.6) is 0 Å². The minimum Gasteiger partial charge on any atom is -0.314 e. The van der Waals surface area contributed by atoms with E-state index in [4.69, 9.17) is 4.84 Å². The number of aromatic amines is 1. The Balaban J connectivity index is 1.90. The van der Waals surface area contributed by atoms with Gasteiger partial charge in [-0.05, 0) is 31.4 Å². The van der Waals surface area contributed by atoms with Crippen LogP contribution < -0.4 is 5.32 Å². The van der Waals surface area contributed by atoms with Gasteiger partial charge in [0.2, 0.25) is 0 Å². The third kappa shape index (κ3) is 2.88. The van der Waals surface area contributed by atoms with E-state index in [2.05, 4.69) is 20.5 Å². The number of aromatic nitrogens is 3. The highest BCUT2D eigenvalue weighted by Crippen LogP contribution is 2.22. The van der Waals surface area contributed by atoms with E-state index in [1.54, 1.807) is 19.4 Å². The Hall–Kier alpha value is -1.99. The number of hydrogen-bond donors (Lipinski definition) is 2. The first-order chi connectivity index (χ1) is 10.2. The highest BCUT2D eigenvalue weighted by atomic mass is 16.7. The van der Waals surface area contributed by atoms with Crippen molar-refractivity contribution >= 4 is 16.9 Å². The molecule has 112 valence electrons. The molecule has 2 aromatic heterocycles. The van der Waals surface area contributed by atoms with Crippen LogP contribution in [0.4, 0.5) is 0 Å². The van der Waals surface area contributed by atoms with Crippen LogP contribution in [0.2, 0.25) is 0 Å². The molecular formula is C14H19N5O2. The summed E-state index contributed by atoms with van der Waals surface area (Å²) in [5.74, 6) is -0.200. The molecule has 0 atom stereocenters. The van der Waals surface area contributed by atoms with Crippen LogP contribution in [0.1, 0.15) is 28.8 Å². The van der Waals surface area contributed by atoms with Crippen molar-refractivity contribution in [2.75, 3.05) is 20.7 Å². The lowest BCUT2D eigenvalue weighted by molar-refractivity contribution is -0.0757. The normalized spacial score (nSPS) is 14.6. The second-order valence-electron chi connectivity index (χ2n) is 5.25. The number of nitrogens with zero attached hydrogens (tertiary/aromatic N) is 3. The highest BCUT2D eigenvalue weighted by Gasteiger charge is 2.22. The quantitative estimate of drug-likeness (QED) is 0.772. The van der Waals surface area contributed by atoms with Crippen LogP contribution in [0.25, 0.3) is 11.0 Å². The van der Waals surface area contributed by atoms with Crippen molar-refractivity contribution in [3.8, 4) is 0 Å². The first-order valence-corrected chi connectivity index (χ1v) is 7.07. The van der Waals surface area contributed by atoms with E-state index in [0.29, 0.717) is 17.3 Å². The molecule has 0 aromatic carbocycles. The van der Waals surface area contributed by atoms with Gasteiger partial charge in [0.25, 0.3) is 5.91 Å². The zero-order chi connectivity index (χ0) is 14.8. The number of carbonyl (C=O) groups is 1. The minimum absolute atomic E-state index is 0.200. The molecule has 1 fully saturated rings. The first kappa shape index (κ1) is 14.0. The Morgan fingerprint density at radius 1 is 1.52 bits per heavy atom. The Morgan fingerprint density at radius 2 is 2.33 bits per heavy atom. The Labute approximate surface area is 122 Å². The van der Waals surface area contributed by atoms with E-state index >= 15 is 0 Å². The molecule has 2 N–H and O–H groups in total. The maximum absolute atomic E-state index is 12.4. The molecular weight excluding hydrogens is 270 g/mol. The van der Waals surface area contributed by atoms with Gasteiger partial charge in [0, 0.05) is 24.7 Å². The summed E-state index contributed by atoms with van der Waals surface area (Å²) in [5, 5.41) is 12.4. The van der Waals surface area contributed by atoms with E-state index in [-0.39, 0.29) is 5.91 Å². The van der Waals surface area contributed by atoms with E-state index in [1.165, 1.54) is 25.0 Å². The van der Waals surface area contributed by atoms with Gasteiger partial charge >= 0.3 is 0 Å². The average Bonchev–Trinajstić information content (AvgIpc) is 3.20. The Bertz CT molecular complexity index is 650. The van der Waals surface area contributed by atoms with Gasteiger partial charge in [0.1, 0.15) is 0 Å². The predicted octanol–water partition coefficient (Wildman–Crippen LogP) is 0.886. The van der Waals surface area contributed by atoms with Crippen molar-refractivity contribution in [2.24, 2.45) is 0 Å². The molecule has 0 bridgehead atoms. The summed E-state index contributed by atoms with van der Waals surface area (Å²) in [6.07, 6.45) is 6.56. The van der Waals surface area contributed by atoms with Crippen LogP contribution in [0.3, 0.4) is 0 Å². The summed E-state index contributed by atoms with van der Waals surface area (Å²) >= 11 is 0. The van der Waals surface area contributed by atoms with E-state index < -0.39 is 0 Å². The van der Waals surface area contributed by atoms with Gasteiger partial charge in [-0.3, -0.25) is 14.7 Å². The smallest absolute Gasteiger partial charge is 0.279 e. The van der Waals surface area contributed by atoms with Crippen molar-refractivity contribution in [3.05, 3.63) is 23.5 Å². The second kappa shape index (κ2) is 5.79. The molecule has 0 spiro atoms. The molecule has 7 heteroatoms. The summed E-state index contributed by atoms with van der Waals surface area (Å²) in [5.41, 5.74) is 2.22. The molecule has 21 heavy (non-hydrogen) atoms. The lowest BCUT2D eigenvalue weighted by Gasteiger charge is -2.16. The van der Waals surface area contributed by atoms with E-state index in [0.717, 1.165) is 23.9 Å². The molecule has 1 saturated carbocycles.